The number of carbonyl (C=O) groups is 4. The first-order valence-electron chi connectivity index (χ1n) is 28.9. The maximum Gasteiger partial charge on any atom is 0.416 e. The van der Waals surface area contributed by atoms with Crippen LogP contribution in [0, 0.1) is 5.92 Å². The summed E-state index contributed by atoms with van der Waals surface area (Å²) in [6.07, 6.45) is -11.0. The predicted molar refractivity (Wildman–Crippen MR) is 305 cm³/mol. The molecule has 0 radical (unpaired) electrons. The van der Waals surface area contributed by atoms with E-state index in [9.17, 15) is 68.2 Å². The Kier molecular flexibility index (Phi) is 19.4. The minimum Gasteiger partial charge on any atom is -0.386 e. The Bertz CT molecular complexity index is 3150. The lowest BCUT2D eigenvalue weighted by atomic mass is 9.91. The van der Waals surface area contributed by atoms with E-state index in [4.69, 9.17) is 0 Å². The second kappa shape index (κ2) is 24.8. The molecule has 6 aliphatic heterocycles. The molecule has 6 heterocycles. The van der Waals surface area contributed by atoms with Crippen molar-refractivity contribution >= 4 is 29.3 Å². The average molecular weight is 1200 g/mol. The zero-order valence-corrected chi connectivity index (χ0v) is 50.5. The number of aliphatic hydroxyl groups is 1. The molecule has 466 valence electrons. The van der Waals surface area contributed by atoms with Gasteiger partial charge in [0.15, 0.2) is 0 Å². The van der Waals surface area contributed by atoms with Crippen LogP contribution in [0.5, 0.6) is 0 Å². The van der Waals surface area contributed by atoms with Gasteiger partial charge >= 0.3 is 18.5 Å². The van der Waals surface area contributed by atoms with Crippen molar-refractivity contribution in [3.05, 3.63) is 132 Å². The number of carbonyl (C=O) groups excluding carboxylic acids is 4. The van der Waals surface area contributed by atoms with Crippen LogP contribution in [0.4, 0.5) is 49.6 Å². The highest BCUT2D eigenvalue weighted by Gasteiger charge is 2.45. The Hall–Kier alpha value is -6.26. The maximum atomic E-state index is 14.1. The summed E-state index contributed by atoms with van der Waals surface area (Å²) in [5, 5.41) is 16.4. The number of anilines is 1. The Morgan fingerprint density at radius 2 is 0.918 bits per heavy atom. The molecule has 4 amide bonds. The fourth-order valence-electron chi connectivity index (χ4n) is 11.8. The van der Waals surface area contributed by atoms with E-state index in [0.717, 1.165) is 50.7 Å². The van der Waals surface area contributed by atoms with Crippen LogP contribution < -0.4 is 15.5 Å². The Morgan fingerprint density at radius 1 is 0.518 bits per heavy atom. The average Bonchev–Trinajstić information content (AvgIpc) is 1.84. The summed E-state index contributed by atoms with van der Waals surface area (Å²) in [5.41, 5.74) is -1.06. The lowest BCUT2D eigenvalue weighted by Gasteiger charge is -2.27. The van der Waals surface area contributed by atoms with E-state index >= 15 is 0 Å². The molecule has 4 aromatic rings. The van der Waals surface area contributed by atoms with Crippen LogP contribution in [0.15, 0.2) is 54.6 Å². The Morgan fingerprint density at radius 3 is 1.32 bits per heavy atom. The molecule has 0 aliphatic carbocycles. The first-order chi connectivity index (χ1) is 39.2. The van der Waals surface area contributed by atoms with Gasteiger partial charge in [-0.25, -0.2) is 4.39 Å². The molecule has 2 saturated heterocycles. The molecule has 85 heavy (non-hydrogen) atoms. The van der Waals surface area contributed by atoms with Crippen molar-refractivity contribution in [3.63, 3.8) is 0 Å². The van der Waals surface area contributed by atoms with Gasteiger partial charge in [0.2, 0.25) is 0 Å². The van der Waals surface area contributed by atoms with Crippen molar-refractivity contribution in [1.82, 2.24) is 30.2 Å². The molecule has 2 unspecified atom stereocenters. The van der Waals surface area contributed by atoms with Gasteiger partial charge < -0.3 is 40.2 Å². The smallest absolute Gasteiger partial charge is 0.386 e. The van der Waals surface area contributed by atoms with Gasteiger partial charge in [-0.15, -0.1) is 0 Å². The standard InChI is InChI=1S/C17H22F3N3O.C17H21F3N2O.C15H18F3NO2.C14H18FNO/c1-10(2)23-9-14-13(16(23)24)6-12(7-15(14)17(18,19)20)22(3)11-4-5-21-8-11;1-10(2)22-9-14-13(16(22)23)6-12(5-11-3-4-21-8-11)7-15(14)17(18,19)20;1-8(2)19-7-11-10(13(19)20)5-9(14(3,4)21)6-12(11)15(16,17)18;1-9(2)16-8-11-10(13(16)17)6-5-7-12(11)14(3,4)15/h6-7,10-11,21H,4-5,8-9H2,1-3H3;6-7,10-11,21H,3-5,8-9H2,1-2H3;5-6,8,21H,7H2,1-4H3;5-7,9H,8H2,1-4H3. The molecule has 0 bridgehead atoms. The SMILES string of the molecule is CC(C)N1Cc2c(cc(C(C)(C)O)cc2C(F)(F)F)C1=O.CC(C)N1Cc2c(cc(CC3CCNC3)cc2C(F)(F)F)C1=O.CC(C)N1Cc2c(cc(N(C)C3CCNC3)cc2C(F)(F)F)C1=O.CC(C)N1Cc2c(cccc2C(C)(C)F)C1=O. The largest absolute Gasteiger partial charge is 0.416 e. The van der Waals surface area contributed by atoms with Crippen LogP contribution >= 0.6 is 0 Å². The first kappa shape index (κ1) is 66.3. The molecule has 3 N–H and O–H groups in total. The Balaban J connectivity index is 0.000000164. The summed E-state index contributed by atoms with van der Waals surface area (Å²) < 4.78 is 135. The molecule has 2 fully saturated rings. The number of amides is 4. The predicted octanol–water partition coefficient (Wildman–Crippen LogP) is 12.6. The van der Waals surface area contributed by atoms with E-state index in [1.807, 2.05) is 46.4 Å². The molecule has 4 aromatic carbocycles. The van der Waals surface area contributed by atoms with Gasteiger partial charge in [0.25, 0.3) is 23.6 Å². The summed E-state index contributed by atoms with van der Waals surface area (Å²) in [6.45, 7) is 24.5. The van der Waals surface area contributed by atoms with Crippen molar-refractivity contribution in [2.45, 2.75) is 189 Å². The third kappa shape index (κ3) is 14.4. The minimum atomic E-state index is -4.56. The molecule has 6 aliphatic rings. The highest BCUT2D eigenvalue weighted by Crippen LogP contribution is 2.44. The number of nitrogens with one attached hydrogen (secondary N) is 2. The van der Waals surface area contributed by atoms with Gasteiger partial charge in [0.05, 0.1) is 22.3 Å². The number of benzene rings is 4. The summed E-state index contributed by atoms with van der Waals surface area (Å²) >= 11 is 0. The highest BCUT2D eigenvalue weighted by atomic mass is 19.4. The summed E-state index contributed by atoms with van der Waals surface area (Å²) in [5.74, 6) is -0.665. The van der Waals surface area contributed by atoms with Crippen LogP contribution in [-0.4, -0.2) is 112 Å². The van der Waals surface area contributed by atoms with Crippen molar-refractivity contribution < 1.29 is 68.2 Å². The molecule has 12 nitrogen and oxygen atoms in total. The number of hydrogen-bond donors (Lipinski definition) is 3. The summed E-state index contributed by atoms with van der Waals surface area (Å²) in [4.78, 5) is 57.4. The van der Waals surface area contributed by atoms with E-state index in [2.05, 4.69) is 10.6 Å². The minimum absolute atomic E-state index is 0.00537. The van der Waals surface area contributed by atoms with E-state index in [1.54, 1.807) is 56.1 Å². The zero-order valence-electron chi connectivity index (χ0n) is 50.5. The third-order valence-corrected chi connectivity index (χ3v) is 16.7. The number of likely N-dealkylation sites (N-methyl/N-ethyl adjacent to an activating group) is 1. The van der Waals surface area contributed by atoms with E-state index in [0.29, 0.717) is 41.3 Å². The highest BCUT2D eigenvalue weighted by molar-refractivity contribution is 6.01. The van der Waals surface area contributed by atoms with Crippen molar-refractivity contribution in [3.8, 4) is 0 Å². The van der Waals surface area contributed by atoms with Crippen LogP contribution in [0.2, 0.25) is 0 Å². The molecule has 2 atom stereocenters. The third-order valence-electron chi connectivity index (χ3n) is 16.7. The van der Waals surface area contributed by atoms with Gasteiger partial charge in [-0.3, -0.25) is 19.2 Å². The van der Waals surface area contributed by atoms with Crippen molar-refractivity contribution in [2.24, 2.45) is 5.92 Å². The number of hydrogen-bond acceptors (Lipinski definition) is 8. The lowest BCUT2D eigenvalue weighted by Crippen LogP contribution is -2.33. The normalized spacial score (nSPS) is 18.7. The molecular weight excluding hydrogens is 1120 g/mol. The molecule has 10 rings (SSSR count). The van der Waals surface area contributed by atoms with Gasteiger partial charge in [-0.1, -0.05) is 12.1 Å². The van der Waals surface area contributed by atoms with Gasteiger partial charge in [0.1, 0.15) is 5.67 Å². The number of halogens is 10. The van der Waals surface area contributed by atoms with Gasteiger partial charge in [0, 0.05) is 97.9 Å². The number of rotatable bonds is 10. The maximum absolute atomic E-state index is 14.1. The monoisotopic (exact) mass is 1200 g/mol. The molecular formula is C63H79F10N7O5. The van der Waals surface area contributed by atoms with E-state index in [1.165, 1.54) is 60.6 Å². The second-order valence-corrected chi connectivity index (χ2v) is 25.0. The zero-order chi connectivity index (χ0) is 63.4. The Labute approximate surface area is 491 Å². The van der Waals surface area contributed by atoms with Crippen LogP contribution in [0.1, 0.15) is 193 Å². The van der Waals surface area contributed by atoms with Gasteiger partial charge in [-0.05, 0) is 209 Å². The van der Waals surface area contributed by atoms with Crippen molar-refractivity contribution in [2.75, 3.05) is 38.1 Å². The fourth-order valence-corrected chi connectivity index (χ4v) is 11.8. The quantitative estimate of drug-likeness (QED) is 0.134. The van der Waals surface area contributed by atoms with Crippen LogP contribution in [-0.2, 0) is 62.4 Å². The van der Waals surface area contributed by atoms with E-state index in [-0.39, 0.29) is 107 Å². The first-order valence-corrected chi connectivity index (χ1v) is 28.9. The number of nitrogens with zero attached hydrogens (tertiary/aromatic N) is 5. The molecule has 0 spiro atoms. The van der Waals surface area contributed by atoms with Crippen molar-refractivity contribution in [1.29, 1.82) is 0 Å². The van der Waals surface area contributed by atoms with Crippen LogP contribution in [0.25, 0.3) is 0 Å². The number of fused-ring (bicyclic) bond motifs is 4. The fraction of sp³-hybridized carbons (Fsp3) is 0.556. The van der Waals surface area contributed by atoms with E-state index < -0.39 is 52.4 Å². The van der Waals surface area contributed by atoms with Gasteiger partial charge in [-0.2, -0.15) is 39.5 Å². The van der Waals surface area contributed by atoms with Crippen LogP contribution in [0.3, 0.4) is 0 Å². The number of alkyl halides is 10. The summed E-state index contributed by atoms with van der Waals surface area (Å²) in [7, 11) is 1.79. The second-order valence-electron chi connectivity index (χ2n) is 25.0. The topological polar surface area (TPSA) is 129 Å². The lowest BCUT2D eigenvalue weighted by molar-refractivity contribution is -0.139. The molecule has 0 aromatic heterocycles. The summed E-state index contributed by atoms with van der Waals surface area (Å²) in [6, 6.07) is 13.2. The molecule has 0 saturated carbocycles. The molecule has 22 heteroatoms.